The Labute approximate surface area is 81.4 Å². The first-order valence-corrected chi connectivity index (χ1v) is 5.92. The second-order valence-corrected chi connectivity index (χ2v) is 5.51. The molecule has 0 aliphatic heterocycles. The van der Waals surface area contributed by atoms with Gasteiger partial charge in [0.25, 0.3) is 0 Å². The van der Waals surface area contributed by atoms with Gasteiger partial charge in [0.15, 0.2) is 0 Å². The smallest absolute Gasteiger partial charge is 0.00288 e. The summed E-state index contributed by atoms with van der Waals surface area (Å²) in [6.45, 7) is 4.80. The zero-order valence-corrected chi connectivity index (χ0v) is 8.90. The summed E-state index contributed by atoms with van der Waals surface area (Å²) in [6.07, 6.45) is 9.05. The van der Waals surface area contributed by atoms with Crippen molar-refractivity contribution in [1.29, 1.82) is 0 Å². The number of hydrogen-bond donors (Lipinski definition) is 0. The highest BCUT2D eigenvalue weighted by Crippen LogP contribution is 2.66. The Balaban J connectivity index is 2.09. The second-order valence-electron chi connectivity index (χ2n) is 5.51. The third-order valence-corrected chi connectivity index (χ3v) is 5.35. The minimum atomic E-state index is 0.726. The van der Waals surface area contributed by atoms with Crippen LogP contribution in [-0.2, 0) is 0 Å². The standard InChI is InChI=1S/C13H20/c1-9-8-12-6-5-11-4-3-7-13(11,12)10(9)2/h11-12H,3-8H2,1-2H3/t11-,12+,13+/m0/s1. The van der Waals surface area contributed by atoms with E-state index in [1.165, 1.54) is 38.5 Å². The summed E-state index contributed by atoms with van der Waals surface area (Å²) in [6, 6.07) is 0. The van der Waals surface area contributed by atoms with E-state index in [-0.39, 0.29) is 0 Å². The van der Waals surface area contributed by atoms with E-state index in [1.807, 2.05) is 0 Å². The molecule has 0 radical (unpaired) electrons. The normalized spacial score (nSPS) is 48.5. The van der Waals surface area contributed by atoms with Crippen LogP contribution in [0.25, 0.3) is 0 Å². The Bertz CT molecular complexity index is 274. The Morgan fingerprint density at radius 3 is 2.69 bits per heavy atom. The van der Waals surface area contributed by atoms with Crippen molar-refractivity contribution in [3.05, 3.63) is 11.1 Å². The molecule has 0 amide bonds. The molecule has 0 heteroatoms. The maximum absolute atomic E-state index is 2.43. The van der Waals surface area contributed by atoms with Crippen molar-refractivity contribution in [2.45, 2.75) is 52.4 Å². The zero-order valence-electron chi connectivity index (χ0n) is 8.90. The van der Waals surface area contributed by atoms with Crippen molar-refractivity contribution >= 4 is 0 Å². The van der Waals surface area contributed by atoms with Crippen molar-refractivity contribution in [3.63, 3.8) is 0 Å². The lowest BCUT2D eigenvalue weighted by molar-refractivity contribution is 0.240. The largest absolute Gasteiger partial charge is 0.0735 e. The van der Waals surface area contributed by atoms with Crippen LogP contribution in [-0.4, -0.2) is 0 Å². The van der Waals surface area contributed by atoms with E-state index in [2.05, 4.69) is 13.8 Å². The van der Waals surface area contributed by atoms with E-state index in [0.717, 1.165) is 17.3 Å². The molecule has 0 aromatic heterocycles. The molecule has 0 nitrogen and oxygen atoms in total. The number of rotatable bonds is 0. The zero-order chi connectivity index (χ0) is 9.05. The highest BCUT2D eigenvalue weighted by molar-refractivity contribution is 5.32. The van der Waals surface area contributed by atoms with E-state index in [0.29, 0.717) is 0 Å². The van der Waals surface area contributed by atoms with Gasteiger partial charge >= 0.3 is 0 Å². The Hall–Kier alpha value is -0.260. The van der Waals surface area contributed by atoms with Crippen LogP contribution in [0.4, 0.5) is 0 Å². The average Bonchev–Trinajstić information content (AvgIpc) is 2.69. The van der Waals surface area contributed by atoms with Gasteiger partial charge in [0.2, 0.25) is 0 Å². The second kappa shape index (κ2) is 2.40. The molecule has 0 aromatic rings. The summed E-state index contributed by atoms with van der Waals surface area (Å²) in [4.78, 5) is 0. The fraction of sp³-hybridized carbons (Fsp3) is 0.846. The van der Waals surface area contributed by atoms with Crippen LogP contribution in [0.2, 0.25) is 0 Å². The number of allylic oxidation sites excluding steroid dienone is 2. The van der Waals surface area contributed by atoms with Gasteiger partial charge in [-0.3, -0.25) is 0 Å². The maximum Gasteiger partial charge on any atom is -0.00288 e. The molecule has 3 atom stereocenters. The Morgan fingerprint density at radius 1 is 1.08 bits per heavy atom. The summed E-state index contributed by atoms with van der Waals surface area (Å²) in [5, 5.41) is 0. The van der Waals surface area contributed by atoms with E-state index in [9.17, 15) is 0 Å². The quantitative estimate of drug-likeness (QED) is 0.491. The predicted octanol–water partition coefficient (Wildman–Crippen LogP) is 3.92. The molecule has 3 aliphatic rings. The maximum atomic E-state index is 2.43. The Kier molecular flexibility index (Phi) is 1.49. The van der Waals surface area contributed by atoms with E-state index in [4.69, 9.17) is 0 Å². The van der Waals surface area contributed by atoms with Crippen LogP contribution in [0.3, 0.4) is 0 Å². The van der Waals surface area contributed by atoms with Crippen LogP contribution in [0.15, 0.2) is 11.1 Å². The summed E-state index contributed by atoms with van der Waals surface area (Å²) < 4.78 is 0. The third kappa shape index (κ3) is 0.782. The predicted molar refractivity (Wildman–Crippen MR) is 55.5 cm³/mol. The Morgan fingerprint density at radius 2 is 1.85 bits per heavy atom. The van der Waals surface area contributed by atoms with Crippen LogP contribution in [0.1, 0.15) is 52.4 Å². The lowest BCUT2D eigenvalue weighted by Gasteiger charge is -2.32. The molecule has 0 N–H and O–H groups in total. The SMILES string of the molecule is CC1=C(C)[C@]23CCC[C@H]2CC[C@@H]3C1. The van der Waals surface area contributed by atoms with Gasteiger partial charge in [-0.1, -0.05) is 17.6 Å². The summed E-state index contributed by atoms with van der Waals surface area (Å²) in [7, 11) is 0. The van der Waals surface area contributed by atoms with Crippen molar-refractivity contribution in [2.24, 2.45) is 17.3 Å². The van der Waals surface area contributed by atoms with Crippen molar-refractivity contribution in [1.82, 2.24) is 0 Å². The molecule has 2 saturated carbocycles. The van der Waals surface area contributed by atoms with E-state index < -0.39 is 0 Å². The molecule has 13 heavy (non-hydrogen) atoms. The first-order chi connectivity index (χ1) is 6.25. The van der Waals surface area contributed by atoms with Gasteiger partial charge in [-0.05, 0) is 63.2 Å². The molecule has 0 aromatic carbocycles. The highest BCUT2D eigenvalue weighted by Gasteiger charge is 2.56. The first-order valence-electron chi connectivity index (χ1n) is 5.92. The highest BCUT2D eigenvalue weighted by atomic mass is 14.6. The minimum Gasteiger partial charge on any atom is -0.0735 e. The monoisotopic (exact) mass is 176 g/mol. The molecule has 0 heterocycles. The van der Waals surface area contributed by atoms with Crippen LogP contribution in [0, 0.1) is 17.3 Å². The fourth-order valence-corrected chi connectivity index (χ4v) is 4.71. The minimum absolute atomic E-state index is 0.726. The van der Waals surface area contributed by atoms with Gasteiger partial charge in [0, 0.05) is 0 Å². The molecule has 2 fully saturated rings. The lowest BCUT2D eigenvalue weighted by Crippen LogP contribution is -2.25. The average molecular weight is 176 g/mol. The van der Waals surface area contributed by atoms with E-state index in [1.54, 1.807) is 11.1 Å². The van der Waals surface area contributed by atoms with Crippen molar-refractivity contribution < 1.29 is 0 Å². The van der Waals surface area contributed by atoms with Gasteiger partial charge in [-0.15, -0.1) is 0 Å². The third-order valence-electron chi connectivity index (χ3n) is 5.35. The molecule has 72 valence electrons. The summed E-state index contributed by atoms with van der Waals surface area (Å²) in [5.74, 6) is 2.13. The van der Waals surface area contributed by atoms with Gasteiger partial charge in [-0.25, -0.2) is 0 Å². The lowest BCUT2D eigenvalue weighted by atomic mass is 9.72. The molecular weight excluding hydrogens is 156 g/mol. The molecular formula is C13H20. The summed E-state index contributed by atoms with van der Waals surface area (Å²) in [5.41, 5.74) is 4.26. The van der Waals surface area contributed by atoms with Crippen LogP contribution < -0.4 is 0 Å². The van der Waals surface area contributed by atoms with Gasteiger partial charge in [0.1, 0.15) is 0 Å². The molecule has 1 spiro atoms. The molecule has 0 unspecified atom stereocenters. The van der Waals surface area contributed by atoms with Crippen molar-refractivity contribution in [3.8, 4) is 0 Å². The first kappa shape index (κ1) is 8.08. The molecule has 0 saturated heterocycles. The summed E-state index contributed by atoms with van der Waals surface area (Å²) >= 11 is 0. The fourth-order valence-electron chi connectivity index (χ4n) is 4.71. The molecule has 3 aliphatic carbocycles. The van der Waals surface area contributed by atoms with E-state index >= 15 is 0 Å². The number of hydrogen-bond acceptors (Lipinski definition) is 0. The van der Waals surface area contributed by atoms with Crippen LogP contribution in [0.5, 0.6) is 0 Å². The molecule has 0 bridgehead atoms. The topological polar surface area (TPSA) is 0 Å². The van der Waals surface area contributed by atoms with Gasteiger partial charge in [0.05, 0.1) is 0 Å². The van der Waals surface area contributed by atoms with Crippen LogP contribution >= 0.6 is 0 Å². The van der Waals surface area contributed by atoms with Gasteiger partial charge in [-0.2, -0.15) is 0 Å². The van der Waals surface area contributed by atoms with Gasteiger partial charge < -0.3 is 0 Å². The molecule has 3 rings (SSSR count). The van der Waals surface area contributed by atoms with Crippen molar-refractivity contribution in [2.75, 3.05) is 0 Å².